The van der Waals surface area contributed by atoms with Gasteiger partial charge in [-0.05, 0) is 18.9 Å². The van der Waals surface area contributed by atoms with E-state index in [1.807, 2.05) is 13.8 Å². The minimum atomic E-state index is -3.81. The third-order valence-corrected chi connectivity index (χ3v) is 5.88. The van der Waals surface area contributed by atoms with Gasteiger partial charge in [-0.2, -0.15) is 0 Å². The van der Waals surface area contributed by atoms with E-state index in [1.165, 1.54) is 12.1 Å². The first-order chi connectivity index (χ1) is 11.7. The van der Waals surface area contributed by atoms with Gasteiger partial charge in [-0.3, -0.25) is 15.0 Å². The lowest BCUT2D eigenvalue weighted by atomic mass is 10.0. The van der Waals surface area contributed by atoms with Gasteiger partial charge in [-0.15, -0.1) is 0 Å². The molecule has 1 heterocycles. The average molecular weight is 371 g/mol. The molecule has 1 aromatic carbocycles. The highest BCUT2D eigenvalue weighted by Gasteiger charge is 2.26. The van der Waals surface area contributed by atoms with Gasteiger partial charge in [-0.1, -0.05) is 19.9 Å². The Morgan fingerprint density at radius 3 is 2.52 bits per heavy atom. The van der Waals surface area contributed by atoms with Crippen molar-refractivity contribution in [3.8, 4) is 0 Å². The molecule has 1 fully saturated rings. The third kappa shape index (κ3) is 4.97. The molecule has 9 heteroatoms. The molecule has 140 valence electrons. The van der Waals surface area contributed by atoms with Crippen molar-refractivity contribution in [1.82, 2.24) is 9.62 Å². The molecule has 1 aromatic rings. The second-order valence-electron chi connectivity index (χ2n) is 6.52. The van der Waals surface area contributed by atoms with Crippen LogP contribution in [-0.2, 0) is 14.8 Å². The Balaban J connectivity index is 2.14. The summed E-state index contributed by atoms with van der Waals surface area (Å²) < 4.78 is 33.1. The van der Waals surface area contributed by atoms with Crippen LogP contribution in [0.5, 0.6) is 0 Å². The zero-order valence-electron chi connectivity index (χ0n) is 14.8. The van der Waals surface area contributed by atoms with E-state index in [0.717, 1.165) is 19.2 Å². The molecule has 2 rings (SSSR count). The van der Waals surface area contributed by atoms with Crippen LogP contribution in [0, 0.1) is 23.0 Å². The second kappa shape index (κ2) is 8.22. The standard InChI is InChI=1S/C16H25N3O5S/c1-12(2)16(18-6-8-24-9-7-18)11-17-25(22,23)14-5-4-13(3)15(10-14)19(20)21/h4-5,10,12,16-17H,6-9,11H2,1-3H3. The number of rotatable bonds is 7. The fourth-order valence-corrected chi connectivity index (χ4v) is 4.00. The molecule has 1 N–H and O–H groups in total. The number of nitrogens with one attached hydrogen (secondary N) is 1. The Morgan fingerprint density at radius 1 is 1.32 bits per heavy atom. The summed E-state index contributed by atoms with van der Waals surface area (Å²) in [6, 6.07) is 3.99. The van der Waals surface area contributed by atoms with E-state index in [-0.39, 0.29) is 29.1 Å². The van der Waals surface area contributed by atoms with Gasteiger partial charge in [0.05, 0.1) is 23.0 Å². The fraction of sp³-hybridized carbons (Fsp3) is 0.625. The Morgan fingerprint density at radius 2 is 1.96 bits per heavy atom. The summed E-state index contributed by atoms with van der Waals surface area (Å²) >= 11 is 0. The largest absolute Gasteiger partial charge is 0.379 e. The van der Waals surface area contributed by atoms with Crippen molar-refractivity contribution < 1.29 is 18.1 Å². The summed E-state index contributed by atoms with van der Waals surface area (Å²) in [5.41, 5.74) is 0.230. The van der Waals surface area contributed by atoms with E-state index in [0.29, 0.717) is 18.8 Å². The molecule has 25 heavy (non-hydrogen) atoms. The monoisotopic (exact) mass is 371 g/mol. The molecule has 1 unspecified atom stereocenters. The van der Waals surface area contributed by atoms with Gasteiger partial charge in [0.25, 0.3) is 5.69 Å². The van der Waals surface area contributed by atoms with Gasteiger partial charge in [0.2, 0.25) is 10.0 Å². The Labute approximate surface area is 148 Å². The summed E-state index contributed by atoms with van der Waals surface area (Å²) in [6.07, 6.45) is 0. The quantitative estimate of drug-likeness (QED) is 0.576. The molecule has 1 aliphatic rings. The second-order valence-corrected chi connectivity index (χ2v) is 8.28. The highest BCUT2D eigenvalue weighted by Crippen LogP contribution is 2.22. The number of nitrogens with zero attached hydrogens (tertiary/aromatic N) is 2. The van der Waals surface area contributed by atoms with Gasteiger partial charge in [0.15, 0.2) is 0 Å². The minimum absolute atomic E-state index is 0.0408. The molecule has 0 bridgehead atoms. The van der Waals surface area contributed by atoms with E-state index in [4.69, 9.17) is 4.74 Å². The van der Waals surface area contributed by atoms with Crippen LogP contribution in [0.2, 0.25) is 0 Å². The number of benzene rings is 1. The number of hydrogen-bond acceptors (Lipinski definition) is 6. The van der Waals surface area contributed by atoms with E-state index in [1.54, 1.807) is 6.92 Å². The Hall–Kier alpha value is -1.55. The van der Waals surface area contributed by atoms with E-state index in [9.17, 15) is 18.5 Å². The molecule has 0 aliphatic carbocycles. The molecule has 0 spiro atoms. The third-order valence-electron chi connectivity index (χ3n) is 4.45. The van der Waals surface area contributed by atoms with Crippen molar-refractivity contribution in [1.29, 1.82) is 0 Å². The summed E-state index contributed by atoms with van der Waals surface area (Å²) in [7, 11) is -3.81. The van der Waals surface area contributed by atoms with Crippen molar-refractivity contribution >= 4 is 15.7 Å². The molecule has 8 nitrogen and oxygen atoms in total. The van der Waals surface area contributed by atoms with Crippen LogP contribution in [-0.4, -0.2) is 57.1 Å². The summed E-state index contributed by atoms with van der Waals surface area (Å²) in [5, 5.41) is 11.0. The van der Waals surface area contributed by atoms with Gasteiger partial charge in [0, 0.05) is 37.3 Å². The van der Waals surface area contributed by atoms with Crippen LogP contribution in [0.15, 0.2) is 23.1 Å². The van der Waals surface area contributed by atoms with E-state index < -0.39 is 14.9 Å². The van der Waals surface area contributed by atoms with Crippen molar-refractivity contribution in [3.05, 3.63) is 33.9 Å². The SMILES string of the molecule is Cc1ccc(S(=O)(=O)NCC(C(C)C)N2CCOCC2)cc1[N+](=O)[O-]. The topological polar surface area (TPSA) is 102 Å². The van der Waals surface area contributed by atoms with Crippen molar-refractivity contribution in [2.75, 3.05) is 32.8 Å². The predicted molar refractivity (Wildman–Crippen MR) is 94.0 cm³/mol. The average Bonchev–Trinajstić information content (AvgIpc) is 2.55. The minimum Gasteiger partial charge on any atom is -0.379 e. The van der Waals surface area contributed by atoms with Crippen LogP contribution < -0.4 is 4.72 Å². The molecular formula is C16H25N3O5S. The number of ether oxygens (including phenoxy) is 1. The number of sulfonamides is 1. The maximum absolute atomic E-state index is 12.6. The molecule has 0 amide bonds. The van der Waals surface area contributed by atoms with Gasteiger partial charge in [0.1, 0.15) is 0 Å². The van der Waals surface area contributed by atoms with Crippen LogP contribution in [0.1, 0.15) is 19.4 Å². The predicted octanol–water partition coefficient (Wildman–Crippen LogP) is 1.54. The van der Waals surface area contributed by atoms with Crippen molar-refractivity contribution in [2.24, 2.45) is 5.92 Å². The number of aryl methyl sites for hydroxylation is 1. The highest BCUT2D eigenvalue weighted by molar-refractivity contribution is 7.89. The first-order valence-corrected chi connectivity index (χ1v) is 9.77. The van der Waals surface area contributed by atoms with Crippen LogP contribution in [0.3, 0.4) is 0 Å². The number of hydrogen-bond donors (Lipinski definition) is 1. The molecule has 0 radical (unpaired) electrons. The summed E-state index contributed by atoms with van der Waals surface area (Å²) in [4.78, 5) is 12.6. The lowest BCUT2D eigenvalue weighted by Gasteiger charge is -2.36. The smallest absolute Gasteiger partial charge is 0.273 e. The summed E-state index contributed by atoms with van der Waals surface area (Å²) in [5.74, 6) is 0.258. The highest BCUT2D eigenvalue weighted by atomic mass is 32.2. The zero-order chi connectivity index (χ0) is 18.6. The number of nitro groups is 1. The van der Waals surface area contributed by atoms with Crippen molar-refractivity contribution in [2.45, 2.75) is 31.7 Å². The van der Waals surface area contributed by atoms with Crippen molar-refractivity contribution in [3.63, 3.8) is 0 Å². The van der Waals surface area contributed by atoms with E-state index >= 15 is 0 Å². The maximum atomic E-state index is 12.6. The first kappa shape index (κ1) is 19.8. The Kier molecular flexibility index (Phi) is 6.50. The molecular weight excluding hydrogens is 346 g/mol. The van der Waals surface area contributed by atoms with Gasteiger partial charge < -0.3 is 4.74 Å². The number of nitro benzene ring substituents is 1. The molecule has 0 aromatic heterocycles. The Bertz CT molecular complexity index is 714. The molecule has 1 saturated heterocycles. The van der Waals surface area contributed by atoms with Gasteiger partial charge >= 0.3 is 0 Å². The molecule has 0 saturated carbocycles. The lowest BCUT2D eigenvalue weighted by molar-refractivity contribution is -0.385. The number of morpholine rings is 1. The van der Waals surface area contributed by atoms with Crippen LogP contribution >= 0.6 is 0 Å². The first-order valence-electron chi connectivity index (χ1n) is 8.29. The fourth-order valence-electron chi connectivity index (χ4n) is 2.93. The lowest BCUT2D eigenvalue weighted by Crippen LogP contribution is -2.51. The van der Waals surface area contributed by atoms with Crippen LogP contribution in [0.25, 0.3) is 0 Å². The normalized spacial score (nSPS) is 17.6. The van der Waals surface area contributed by atoms with Crippen LogP contribution in [0.4, 0.5) is 5.69 Å². The molecule has 1 aliphatic heterocycles. The zero-order valence-corrected chi connectivity index (χ0v) is 15.6. The molecule has 1 atom stereocenters. The summed E-state index contributed by atoms with van der Waals surface area (Å²) in [6.45, 7) is 8.73. The van der Waals surface area contributed by atoms with Gasteiger partial charge in [-0.25, -0.2) is 13.1 Å². The maximum Gasteiger partial charge on any atom is 0.273 e. The van der Waals surface area contributed by atoms with E-state index in [2.05, 4.69) is 9.62 Å².